The van der Waals surface area contributed by atoms with Gasteiger partial charge < -0.3 is 9.73 Å². The highest BCUT2D eigenvalue weighted by Crippen LogP contribution is 2.19. The molecule has 0 aliphatic rings. The Bertz CT molecular complexity index is 823. The number of carbonyl (C=O) groups excluding carboxylic acids is 2. The average Bonchev–Trinajstić information content (AvgIpc) is 3.14. The molecule has 1 aromatic heterocycles. The third-order valence-corrected chi connectivity index (χ3v) is 3.66. The molecule has 0 saturated carbocycles. The predicted molar refractivity (Wildman–Crippen MR) is 92.0 cm³/mol. The molecule has 0 fully saturated rings. The lowest BCUT2D eigenvalue weighted by atomic mass is 10.0. The molecule has 0 unspecified atom stereocenters. The van der Waals surface area contributed by atoms with E-state index < -0.39 is 0 Å². The fourth-order valence-corrected chi connectivity index (χ4v) is 2.44. The van der Waals surface area contributed by atoms with E-state index in [0.717, 1.165) is 5.76 Å². The number of hydrogen-bond acceptors (Lipinski definition) is 3. The fourth-order valence-electron chi connectivity index (χ4n) is 2.44. The van der Waals surface area contributed by atoms with Gasteiger partial charge in [-0.05, 0) is 24.3 Å². The Morgan fingerprint density at radius 1 is 0.875 bits per heavy atom. The van der Waals surface area contributed by atoms with Gasteiger partial charge in [-0.2, -0.15) is 0 Å². The molecule has 0 aliphatic heterocycles. The van der Waals surface area contributed by atoms with Gasteiger partial charge in [0, 0.05) is 24.0 Å². The summed E-state index contributed by atoms with van der Waals surface area (Å²) < 4.78 is 5.22. The highest BCUT2D eigenvalue weighted by atomic mass is 16.3. The molecular formula is C20H17NO3. The summed E-state index contributed by atoms with van der Waals surface area (Å²) >= 11 is 0. The average molecular weight is 319 g/mol. The van der Waals surface area contributed by atoms with E-state index in [1.54, 1.807) is 48.7 Å². The zero-order chi connectivity index (χ0) is 16.8. The first-order valence-electron chi connectivity index (χ1n) is 7.75. The number of nitrogens with one attached hydrogen (secondary N) is 1. The van der Waals surface area contributed by atoms with Crippen molar-refractivity contribution in [2.45, 2.75) is 12.8 Å². The highest BCUT2D eigenvalue weighted by Gasteiger charge is 2.14. The Hall–Kier alpha value is -3.14. The van der Waals surface area contributed by atoms with Crippen molar-refractivity contribution in [1.29, 1.82) is 0 Å². The molecule has 0 saturated heterocycles. The van der Waals surface area contributed by atoms with Crippen LogP contribution in [0.1, 0.15) is 28.1 Å². The summed E-state index contributed by atoms with van der Waals surface area (Å²) in [6.07, 6.45) is 2.40. The van der Waals surface area contributed by atoms with Gasteiger partial charge in [-0.15, -0.1) is 0 Å². The van der Waals surface area contributed by atoms with E-state index in [4.69, 9.17) is 4.42 Å². The van der Waals surface area contributed by atoms with Crippen LogP contribution in [-0.2, 0) is 11.2 Å². The molecule has 0 spiro atoms. The summed E-state index contributed by atoms with van der Waals surface area (Å²) in [4.78, 5) is 24.8. The van der Waals surface area contributed by atoms with Crippen LogP contribution in [-0.4, -0.2) is 11.7 Å². The predicted octanol–water partition coefficient (Wildman–Crippen LogP) is 4.08. The van der Waals surface area contributed by atoms with E-state index in [1.165, 1.54) is 0 Å². The fraction of sp³-hybridized carbons (Fsp3) is 0.100. The molecule has 0 aliphatic carbocycles. The number of carbonyl (C=O) groups is 2. The molecule has 1 amide bonds. The van der Waals surface area contributed by atoms with Crippen molar-refractivity contribution in [3.63, 3.8) is 0 Å². The van der Waals surface area contributed by atoms with Crippen LogP contribution in [0.5, 0.6) is 0 Å². The van der Waals surface area contributed by atoms with Gasteiger partial charge in [0.05, 0.1) is 12.0 Å². The molecule has 0 bridgehead atoms. The number of aryl methyl sites for hydroxylation is 1. The molecule has 1 N–H and O–H groups in total. The second-order valence-corrected chi connectivity index (χ2v) is 5.37. The first-order chi connectivity index (χ1) is 11.7. The van der Waals surface area contributed by atoms with Gasteiger partial charge in [0.15, 0.2) is 5.78 Å². The summed E-state index contributed by atoms with van der Waals surface area (Å²) in [7, 11) is 0. The maximum absolute atomic E-state index is 12.6. The first-order valence-corrected chi connectivity index (χ1v) is 7.75. The smallest absolute Gasteiger partial charge is 0.224 e. The van der Waals surface area contributed by atoms with Crippen molar-refractivity contribution in [2.75, 3.05) is 5.32 Å². The van der Waals surface area contributed by atoms with Gasteiger partial charge in [-0.25, -0.2) is 0 Å². The second kappa shape index (κ2) is 7.42. The lowest BCUT2D eigenvalue weighted by Gasteiger charge is -2.10. The van der Waals surface area contributed by atoms with Crippen molar-refractivity contribution in [3.8, 4) is 0 Å². The maximum atomic E-state index is 12.6. The lowest BCUT2D eigenvalue weighted by Crippen LogP contribution is -2.15. The summed E-state index contributed by atoms with van der Waals surface area (Å²) in [5, 5.41) is 2.82. The SMILES string of the molecule is O=C(CCc1ccco1)Nc1ccccc1C(=O)c1ccccc1. The van der Waals surface area contributed by atoms with Crippen molar-refractivity contribution in [1.82, 2.24) is 0 Å². The zero-order valence-corrected chi connectivity index (χ0v) is 13.1. The van der Waals surface area contributed by atoms with Gasteiger partial charge in [0.1, 0.15) is 5.76 Å². The van der Waals surface area contributed by atoms with E-state index in [9.17, 15) is 9.59 Å². The van der Waals surface area contributed by atoms with Crippen molar-refractivity contribution < 1.29 is 14.0 Å². The summed E-state index contributed by atoms with van der Waals surface area (Å²) in [5.41, 5.74) is 1.60. The number of furan rings is 1. The minimum absolute atomic E-state index is 0.113. The van der Waals surface area contributed by atoms with Crippen LogP contribution in [0.4, 0.5) is 5.69 Å². The van der Waals surface area contributed by atoms with Gasteiger partial charge in [-0.3, -0.25) is 9.59 Å². The van der Waals surface area contributed by atoms with Crippen molar-refractivity contribution in [3.05, 3.63) is 89.9 Å². The second-order valence-electron chi connectivity index (χ2n) is 5.37. The van der Waals surface area contributed by atoms with Gasteiger partial charge >= 0.3 is 0 Å². The van der Waals surface area contributed by atoms with Crippen LogP contribution in [0.15, 0.2) is 77.4 Å². The molecule has 1 heterocycles. The topological polar surface area (TPSA) is 59.3 Å². The lowest BCUT2D eigenvalue weighted by molar-refractivity contribution is -0.116. The minimum Gasteiger partial charge on any atom is -0.469 e. The molecular weight excluding hydrogens is 302 g/mol. The number of amides is 1. The molecule has 3 aromatic rings. The minimum atomic E-state index is -0.153. The third-order valence-electron chi connectivity index (χ3n) is 3.66. The monoisotopic (exact) mass is 319 g/mol. The van der Waals surface area contributed by atoms with E-state index in [1.807, 2.05) is 24.3 Å². The summed E-state index contributed by atoms with van der Waals surface area (Å²) in [6, 6.07) is 19.7. The number of anilines is 1. The number of para-hydroxylation sites is 1. The van der Waals surface area contributed by atoms with Crippen LogP contribution in [0.3, 0.4) is 0 Å². The van der Waals surface area contributed by atoms with Crippen LogP contribution >= 0.6 is 0 Å². The molecule has 120 valence electrons. The molecule has 0 radical (unpaired) electrons. The van der Waals surface area contributed by atoms with Gasteiger partial charge in [0.25, 0.3) is 0 Å². The highest BCUT2D eigenvalue weighted by molar-refractivity contribution is 6.13. The van der Waals surface area contributed by atoms with E-state index in [2.05, 4.69) is 5.32 Å². The zero-order valence-electron chi connectivity index (χ0n) is 13.1. The first kappa shape index (κ1) is 15.7. The number of hydrogen-bond donors (Lipinski definition) is 1. The Morgan fingerprint density at radius 3 is 2.38 bits per heavy atom. The van der Waals surface area contributed by atoms with E-state index >= 15 is 0 Å². The Labute approximate surface area is 140 Å². The van der Waals surface area contributed by atoms with Crippen LogP contribution in [0, 0.1) is 0 Å². The van der Waals surface area contributed by atoms with E-state index in [-0.39, 0.29) is 11.7 Å². The molecule has 4 heteroatoms. The van der Waals surface area contributed by atoms with Crippen LogP contribution in [0.25, 0.3) is 0 Å². The number of rotatable bonds is 6. The Morgan fingerprint density at radius 2 is 1.62 bits per heavy atom. The normalized spacial score (nSPS) is 10.3. The van der Waals surface area contributed by atoms with E-state index in [0.29, 0.717) is 29.7 Å². The standard InChI is InChI=1S/C20H17NO3/c22-19(13-12-16-9-6-14-24-16)21-18-11-5-4-10-17(18)20(23)15-7-2-1-3-8-15/h1-11,14H,12-13H2,(H,21,22). The largest absolute Gasteiger partial charge is 0.469 e. The quantitative estimate of drug-likeness (QED) is 0.696. The molecule has 0 atom stereocenters. The maximum Gasteiger partial charge on any atom is 0.224 e. The van der Waals surface area contributed by atoms with Gasteiger partial charge in [0.2, 0.25) is 5.91 Å². The Balaban J connectivity index is 1.72. The molecule has 24 heavy (non-hydrogen) atoms. The van der Waals surface area contributed by atoms with Crippen LogP contribution in [0.2, 0.25) is 0 Å². The number of benzene rings is 2. The summed E-state index contributed by atoms with van der Waals surface area (Å²) in [6.45, 7) is 0. The molecule has 4 nitrogen and oxygen atoms in total. The van der Waals surface area contributed by atoms with Crippen LogP contribution < -0.4 is 5.32 Å². The van der Waals surface area contributed by atoms with Gasteiger partial charge in [-0.1, -0.05) is 42.5 Å². The third kappa shape index (κ3) is 3.79. The number of ketones is 1. The summed E-state index contributed by atoms with van der Waals surface area (Å²) in [5.74, 6) is 0.496. The Kier molecular flexibility index (Phi) is 4.87. The van der Waals surface area contributed by atoms with Crippen molar-refractivity contribution in [2.24, 2.45) is 0 Å². The van der Waals surface area contributed by atoms with Crippen molar-refractivity contribution >= 4 is 17.4 Å². The molecule has 3 rings (SSSR count). The molecule has 2 aromatic carbocycles.